The first-order valence-corrected chi connectivity index (χ1v) is 8.10. The molecule has 0 saturated heterocycles. The van der Waals surface area contributed by atoms with E-state index in [1.165, 1.54) is 6.26 Å². The Morgan fingerprint density at radius 1 is 1.20 bits per heavy atom. The molecule has 0 aliphatic rings. The molecule has 2 rings (SSSR count). The summed E-state index contributed by atoms with van der Waals surface area (Å²) in [4.78, 5) is 16.1. The van der Waals surface area contributed by atoms with Gasteiger partial charge < -0.3 is 25.1 Å². The molecule has 2 aromatic rings. The molecule has 0 bridgehead atoms. The zero-order chi connectivity index (χ0) is 17.9. The second kappa shape index (κ2) is 10.1. The van der Waals surface area contributed by atoms with E-state index in [4.69, 9.17) is 9.15 Å². The lowest BCUT2D eigenvalue weighted by atomic mass is 10.2. The molecule has 1 amide bonds. The highest BCUT2D eigenvalue weighted by molar-refractivity contribution is 6.02. The van der Waals surface area contributed by atoms with Gasteiger partial charge in [0.1, 0.15) is 0 Å². The molecule has 0 radical (unpaired) electrons. The van der Waals surface area contributed by atoms with Crippen LogP contribution in [0.4, 0.5) is 5.69 Å². The van der Waals surface area contributed by atoms with Crippen LogP contribution < -0.4 is 16.0 Å². The summed E-state index contributed by atoms with van der Waals surface area (Å²) < 4.78 is 10.1. The highest BCUT2D eigenvalue weighted by atomic mass is 16.5. The number of nitrogens with one attached hydrogen (secondary N) is 3. The number of carbonyl (C=O) groups excluding carboxylic acids is 1. The molecule has 0 spiro atoms. The molecule has 1 heterocycles. The highest BCUT2D eigenvalue weighted by Crippen LogP contribution is 2.11. The van der Waals surface area contributed by atoms with Crippen molar-refractivity contribution in [1.29, 1.82) is 0 Å². The zero-order valence-corrected chi connectivity index (χ0v) is 14.5. The van der Waals surface area contributed by atoms with Gasteiger partial charge in [0.05, 0.1) is 6.26 Å². The quantitative estimate of drug-likeness (QED) is 0.388. The fourth-order valence-corrected chi connectivity index (χ4v) is 2.14. The van der Waals surface area contributed by atoms with Gasteiger partial charge in [-0.3, -0.25) is 9.79 Å². The van der Waals surface area contributed by atoms with E-state index in [1.807, 2.05) is 24.3 Å². The topological polar surface area (TPSA) is 87.9 Å². The fourth-order valence-electron chi connectivity index (χ4n) is 2.14. The van der Waals surface area contributed by atoms with Crippen molar-refractivity contribution in [2.24, 2.45) is 4.99 Å². The van der Waals surface area contributed by atoms with Gasteiger partial charge in [0.25, 0.3) is 5.91 Å². The number of guanidine groups is 1. The molecule has 1 aromatic heterocycles. The van der Waals surface area contributed by atoms with E-state index >= 15 is 0 Å². The van der Waals surface area contributed by atoms with Gasteiger partial charge in [0, 0.05) is 39.5 Å². The minimum Gasteiger partial charge on any atom is -0.459 e. The van der Waals surface area contributed by atoms with Gasteiger partial charge in [0.15, 0.2) is 11.7 Å². The highest BCUT2D eigenvalue weighted by Gasteiger charge is 2.08. The van der Waals surface area contributed by atoms with E-state index in [-0.39, 0.29) is 11.7 Å². The molecule has 0 fully saturated rings. The number of hydrogen-bond acceptors (Lipinski definition) is 4. The van der Waals surface area contributed by atoms with E-state index in [0.29, 0.717) is 12.2 Å². The van der Waals surface area contributed by atoms with Gasteiger partial charge in [-0.25, -0.2) is 0 Å². The van der Waals surface area contributed by atoms with Gasteiger partial charge in [-0.2, -0.15) is 0 Å². The summed E-state index contributed by atoms with van der Waals surface area (Å²) in [6.07, 6.45) is 2.39. The molecule has 3 N–H and O–H groups in total. The Labute approximate surface area is 147 Å². The second-order valence-corrected chi connectivity index (χ2v) is 5.33. The van der Waals surface area contributed by atoms with E-state index in [0.717, 1.165) is 31.1 Å². The lowest BCUT2D eigenvalue weighted by molar-refractivity contribution is 0.0996. The Bertz CT molecular complexity index is 666. The van der Waals surface area contributed by atoms with E-state index in [9.17, 15) is 4.79 Å². The van der Waals surface area contributed by atoms with Crippen molar-refractivity contribution in [2.75, 3.05) is 32.6 Å². The summed E-state index contributed by atoms with van der Waals surface area (Å²) in [5.41, 5.74) is 1.79. The van der Waals surface area contributed by atoms with Crippen LogP contribution in [0.25, 0.3) is 0 Å². The van der Waals surface area contributed by atoms with Crippen molar-refractivity contribution < 1.29 is 13.9 Å². The number of rotatable bonds is 8. The van der Waals surface area contributed by atoms with Crippen molar-refractivity contribution in [3.63, 3.8) is 0 Å². The van der Waals surface area contributed by atoms with E-state index < -0.39 is 0 Å². The van der Waals surface area contributed by atoms with Crippen molar-refractivity contribution in [3.8, 4) is 0 Å². The van der Waals surface area contributed by atoms with Crippen molar-refractivity contribution in [3.05, 3.63) is 54.0 Å². The monoisotopic (exact) mass is 344 g/mol. The van der Waals surface area contributed by atoms with Crippen molar-refractivity contribution >= 4 is 17.6 Å². The Kier molecular flexibility index (Phi) is 7.52. The first-order chi connectivity index (χ1) is 12.2. The summed E-state index contributed by atoms with van der Waals surface area (Å²) >= 11 is 0. The Hall–Kier alpha value is -2.80. The minimum absolute atomic E-state index is 0.267. The summed E-state index contributed by atoms with van der Waals surface area (Å²) in [7, 11) is 3.42. The van der Waals surface area contributed by atoms with Crippen LogP contribution in [0.2, 0.25) is 0 Å². The van der Waals surface area contributed by atoms with Gasteiger partial charge in [0.2, 0.25) is 0 Å². The molecule has 1 aromatic carbocycles. The number of anilines is 1. The normalized spacial score (nSPS) is 11.2. The maximum absolute atomic E-state index is 11.9. The van der Waals surface area contributed by atoms with Crippen LogP contribution in [0.1, 0.15) is 22.5 Å². The van der Waals surface area contributed by atoms with Crippen molar-refractivity contribution in [1.82, 2.24) is 10.6 Å². The Balaban J connectivity index is 1.78. The summed E-state index contributed by atoms with van der Waals surface area (Å²) in [5.74, 6) is 0.761. The third-order valence-electron chi connectivity index (χ3n) is 3.46. The van der Waals surface area contributed by atoms with Gasteiger partial charge >= 0.3 is 0 Å². The average Bonchev–Trinajstić information content (AvgIpc) is 3.17. The van der Waals surface area contributed by atoms with Gasteiger partial charge in [-0.05, 0) is 36.2 Å². The number of ether oxygens (including phenoxy) is 1. The smallest absolute Gasteiger partial charge is 0.291 e. The lowest BCUT2D eigenvalue weighted by Gasteiger charge is -2.12. The summed E-state index contributed by atoms with van der Waals surface area (Å²) in [5, 5.41) is 9.25. The molecule has 0 aliphatic heterocycles. The van der Waals surface area contributed by atoms with Gasteiger partial charge in [-0.1, -0.05) is 12.1 Å². The van der Waals surface area contributed by atoms with Crippen LogP contribution in [0.15, 0.2) is 52.1 Å². The van der Waals surface area contributed by atoms with Crippen LogP contribution in [-0.4, -0.2) is 39.2 Å². The van der Waals surface area contributed by atoms with Crippen LogP contribution >= 0.6 is 0 Å². The molecule has 0 atom stereocenters. The number of benzene rings is 1. The first-order valence-electron chi connectivity index (χ1n) is 8.10. The molecule has 0 saturated carbocycles. The molecule has 134 valence electrons. The Morgan fingerprint density at radius 3 is 2.64 bits per heavy atom. The van der Waals surface area contributed by atoms with Crippen LogP contribution in [0, 0.1) is 0 Å². The summed E-state index contributed by atoms with van der Waals surface area (Å²) in [6, 6.07) is 10.9. The molecular weight excluding hydrogens is 320 g/mol. The first kappa shape index (κ1) is 18.5. The predicted molar refractivity (Wildman–Crippen MR) is 97.8 cm³/mol. The average molecular weight is 344 g/mol. The molecule has 7 nitrogen and oxygen atoms in total. The predicted octanol–water partition coefficient (Wildman–Crippen LogP) is 2.23. The largest absolute Gasteiger partial charge is 0.459 e. The maximum Gasteiger partial charge on any atom is 0.291 e. The van der Waals surface area contributed by atoms with E-state index in [2.05, 4.69) is 20.9 Å². The number of methoxy groups -OCH3 is 1. The van der Waals surface area contributed by atoms with Crippen LogP contribution in [0.5, 0.6) is 0 Å². The molecule has 25 heavy (non-hydrogen) atoms. The SMILES string of the molecule is CN=C(NCCCOC)NCc1ccc(NC(=O)c2ccco2)cc1. The third kappa shape index (κ3) is 6.31. The van der Waals surface area contributed by atoms with Crippen molar-refractivity contribution in [2.45, 2.75) is 13.0 Å². The fraction of sp³-hybridized carbons (Fsp3) is 0.333. The third-order valence-corrected chi connectivity index (χ3v) is 3.46. The number of carbonyl (C=O) groups is 1. The number of furan rings is 1. The van der Waals surface area contributed by atoms with Crippen LogP contribution in [0.3, 0.4) is 0 Å². The zero-order valence-electron chi connectivity index (χ0n) is 14.5. The summed E-state index contributed by atoms with van der Waals surface area (Å²) in [6.45, 7) is 2.15. The lowest BCUT2D eigenvalue weighted by Crippen LogP contribution is -2.37. The second-order valence-electron chi connectivity index (χ2n) is 5.33. The van der Waals surface area contributed by atoms with Gasteiger partial charge in [-0.15, -0.1) is 0 Å². The molecule has 0 unspecified atom stereocenters. The number of amides is 1. The van der Waals surface area contributed by atoms with Crippen LogP contribution in [-0.2, 0) is 11.3 Å². The standard InChI is InChI=1S/C18H24N4O3/c1-19-18(20-10-4-11-24-2)21-13-14-6-8-15(9-7-14)22-17(23)16-5-3-12-25-16/h3,5-9,12H,4,10-11,13H2,1-2H3,(H,22,23)(H2,19,20,21). The number of nitrogens with zero attached hydrogens (tertiary/aromatic N) is 1. The van der Waals surface area contributed by atoms with E-state index in [1.54, 1.807) is 26.3 Å². The molecule has 0 aliphatic carbocycles. The minimum atomic E-state index is -0.267. The molecule has 7 heteroatoms. The number of hydrogen-bond donors (Lipinski definition) is 3. The Morgan fingerprint density at radius 2 is 2.00 bits per heavy atom. The number of aliphatic imine (C=N–C) groups is 1. The molecular formula is C18H24N4O3. The maximum atomic E-state index is 11.9.